The van der Waals surface area contributed by atoms with Crippen molar-refractivity contribution in [3.8, 4) is 17.1 Å². The van der Waals surface area contributed by atoms with Crippen LogP contribution in [0.25, 0.3) is 27.9 Å². The first kappa shape index (κ1) is 23.3. The van der Waals surface area contributed by atoms with E-state index in [-0.39, 0.29) is 12.0 Å². The third kappa shape index (κ3) is 4.35. The monoisotopic (exact) mass is 483 g/mol. The molecule has 36 heavy (non-hydrogen) atoms. The van der Waals surface area contributed by atoms with E-state index in [1.54, 1.807) is 11.6 Å². The van der Waals surface area contributed by atoms with Crippen molar-refractivity contribution in [2.45, 2.75) is 32.3 Å². The van der Waals surface area contributed by atoms with E-state index in [1.807, 2.05) is 50.6 Å². The van der Waals surface area contributed by atoms with E-state index >= 15 is 0 Å². The molecular formula is C27H29N7O2. The molecule has 3 heterocycles. The molecule has 1 atom stereocenters. The Kier molecular flexibility index (Phi) is 6.05. The van der Waals surface area contributed by atoms with Gasteiger partial charge in [0.1, 0.15) is 23.9 Å². The van der Waals surface area contributed by atoms with Gasteiger partial charge in [-0.3, -0.25) is 9.48 Å². The highest BCUT2D eigenvalue weighted by molar-refractivity contribution is 6.05. The van der Waals surface area contributed by atoms with Gasteiger partial charge in [-0.1, -0.05) is 24.8 Å². The predicted octanol–water partition coefficient (Wildman–Crippen LogP) is 4.48. The molecule has 0 unspecified atom stereocenters. The first-order chi connectivity index (χ1) is 17.3. The van der Waals surface area contributed by atoms with Crippen LogP contribution in [0.3, 0.4) is 0 Å². The number of amides is 1. The third-order valence-corrected chi connectivity index (χ3v) is 6.46. The van der Waals surface area contributed by atoms with E-state index in [9.17, 15) is 4.79 Å². The molecule has 0 fully saturated rings. The Bertz CT molecular complexity index is 1490. The zero-order valence-corrected chi connectivity index (χ0v) is 20.7. The highest BCUT2D eigenvalue weighted by atomic mass is 16.5. The Morgan fingerprint density at radius 3 is 2.61 bits per heavy atom. The minimum atomic E-state index is -0.203. The number of aryl methyl sites for hydroxylation is 2. The average molecular weight is 484 g/mol. The lowest BCUT2D eigenvalue weighted by Crippen LogP contribution is -2.19. The molecule has 5 rings (SSSR count). The van der Waals surface area contributed by atoms with Crippen molar-refractivity contribution in [1.29, 1.82) is 0 Å². The number of nitrogens with one attached hydrogen (secondary N) is 1. The van der Waals surface area contributed by atoms with Gasteiger partial charge in [0.2, 0.25) is 5.88 Å². The van der Waals surface area contributed by atoms with Crippen molar-refractivity contribution in [1.82, 2.24) is 24.3 Å². The number of allylic oxidation sites excluding steroid dienone is 1. The number of aromatic nitrogens is 5. The van der Waals surface area contributed by atoms with Crippen LogP contribution in [-0.4, -0.2) is 36.3 Å². The molecule has 1 aliphatic rings. The highest BCUT2D eigenvalue weighted by Gasteiger charge is 2.26. The molecule has 0 saturated heterocycles. The number of benzene rings is 1. The molecule has 3 aromatic heterocycles. The molecule has 9 heteroatoms. The molecule has 1 amide bonds. The number of hydrogen-bond donors (Lipinski definition) is 2. The van der Waals surface area contributed by atoms with Crippen LogP contribution in [0, 0.1) is 0 Å². The second kappa shape index (κ2) is 9.33. The van der Waals surface area contributed by atoms with Crippen LogP contribution in [-0.2, 0) is 18.9 Å². The maximum absolute atomic E-state index is 12.0. The molecule has 0 radical (unpaired) electrons. The molecule has 1 aliphatic carbocycles. The molecular weight excluding hydrogens is 454 g/mol. The van der Waals surface area contributed by atoms with Gasteiger partial charge >= 0.3 is 0 Å². The van der Waals surface area contributed by atoms with Gasteiger partial charge in [-0.25, -0.2) is 9.97 Å². The first-order valence-corrected chi connectivity index (χ1v) is 11.8. The van der Waals surface area contributed by atoms with Crippen LogP contribution < -0.4 is 15.8 Å². The van der Waals surface area contributed by atoms with Crippen LogP contribution in [0.15, 0.2) is 61.1 Å². The van der Waals surface area contributed by atoms with Crippen molar-refractivity contribution in [3.63, 3.8) is 0 Å². The Balaban J connectivity index is 1.52. The Hall–Kier alpha value is -4.40. The van der Waals surface area contributed by atoms with Gasteiger partial charge in [0.05, 0.1) is 11.1 Å². The first-order valence-electron chi connectivity index (χ1n) is 11.8. The summed E-state index contributed by atoms with van der Waals surface area (Å²) in [7, 11) is 3.86. The summed E-state index contributed by atoms with van der Waals surface area (Å²) >= 11 is 0. The van der Waals surface area contributed by atoms with Crippen molar-refractivity contribution < 1.29 is 9.53 Å². The molecule has 0 saturated carbocycles. The SMILES string of the molecule is C=C(C)C(=O)Nc1ccc(-c2c(C3=CC[C@H](Oc4ccn(C)n4)CC3)c3c(N)ncnc3n2C)cc1. The molecule has 0 aliphatic heterocycles. The van der Waals surface area contributed by atoms with Crippen molar-refractivity contribution in [2.24, 2.45) is 14.1 Å². The number of carbonyl (C=O) groups excluding carboxylic acids is 1. The number of anilines is 2. The topological polar surface area (TPSA) is 113 Å². The Morgan fingerprint density at radius 1 is 1.19 bits per heavy atom. The number of fused-ring (bicyclic) bond motifs is 1. The van der Waals surface area contributed by atoms with Gasteiger partial charge in [0, 0.05) is 49.6 Å². The maximum atomic E-state index is 12.0. The van der Waals surface area contributed by atoms with Crippen LogP contribution in [0.2, 0.25) is 0 Å². The number of carbonyl (C=O) groups is 1. The van der Waals surface area contributed by atoms with Crippen molar-refractivity contribution in [2.75, 3.05) is 11.1 Å². The van der Waals surface area contributed by atoms with Crippen LogP contribution in [0.5, 0.6) is 5.88 Å². The molecule has 0 spiro atoms. The lowest BCUT2D eigenvalue weighted by Gasteiger charge is -2.23. The lowest BCUT2D eigenvalue weighted by atomic mass is 9.89. The predicted molar refractivity (Wildman–Crippen MR) is 141 cm³/mol. The van der Waals surface area contributed by atoms with E-state index < -0.39 is 0 Å². The van der Waals surface area contributed by atoms with E-state index in [0.717, 1.165) is 47.1 Å². The fraction of sp³-hybridized carbons (Fsp3) is 0.259. The average Bonchev–Trinajstić information content (AvgIpc) is 3.41. The Morgan fingerprint density at radius 2 is 1.97 bits per heavy atom. The summed E-state index contributed by atoms with van der Waals surface area (Å²) in [6.45, 7) is 5.38. The second-order valence-corrected chi connectivity index (χ2v) is 9.12. The van der Waals surface area contributed by atoms with E-state index in [0.29, 0.717) is 23.0 Å². The number of ether oxygens (including phenoxy) is 1. The quantitative estimate of drug-likeness (QED) is 0.391. The molecule has 184 valence electrons. The maximum Gasteiger partial charge on any atom is 0.250 e. The number of hydrogen-bond acceptors (Lipinski definition) is 6. The van der Waals surface area contributed by atoms with Crippen molar-refractivity contribution >= 4 is 34.0 Å². The highest BCUT2D eigenvalue weighted by Crippen LogP contribution is 2.42. The summed E-state index contributed by atoms with van der Waals surface area (Å²) in [5.74, 6) is 0.891. The van der Waals surface area contributed by atoms with Crippen LogP contribution in [0.1, 0.15) is 31.7 Å². The zero-order valence-electron chi connectivity index (χ0n) is 20.7. The van der Waals surface area contributed by atoms with Gasteiger partial charge in [0.15, 0.2) is 0 Å². The lowest BCUT2D eigenvalue weighted by molar-refractivity contribution is -0.112. The summed E-state index contributed by atoms with van der Waals surface area (Å²) in [6, 6.07) is 9.64. The largest absolute Gasteiger partial charge is 0.473 e. The van der Waals surface area contributed by atoms with Gasteiger partial charge in [-0.05, 0) is 43.0 Å². The fourth-order valence-corrected chi connectivity index (χ4v) is 4.65. The normalized spacial score (nSPS) is 15.5. The van der Waals surface area contributed by atoms with E-state index in [1.165, 1.54) is 11.9 Å². The number of rotatable bonds is 6. The van der Waals surface area contributed by atoms with Gasteiger partial charge in [0.25, 0.3) is 5.91 Å². The van der Waals surface area contributed by atoms with E-state index in [2.05, 4.69) is 37.6 Å². The minimum absolute atomic E-state index is 0.0619. The third-order valence-electron chi connectivity index (χ3n) is 6.46. The van der Waals surface area contributed by atoms with Gasteiger partial charge < -0.3 is 20.4 Å². The summed E-state index contributed by atoms with van der Waals surface area (Å²) in [6.07, 6.45) is 8.10. The number of nitrogen functional groups attached to an aromatic ring is 1. The minimum Gasteiger partial charge on any atom is -0.473 e. The fourth-order valence-electron chi connectivity index (χ4n) is 4.65. The van der Waals surface area contributed by atoms with Crippen molar-refractivity contribution in [3.05, 3.63) is 66.6 Å². The summed E-state index contributed by atoms with van der Waals surface area (Å²) in [5, 5.41) is 8.04. The van der Waals surface area contributed by atoms with Crippen LogP contribution >= 0.6 is 0 Å². The smallest absolute Gasteiger partial charge is 0.250 e. The van der Waals surface area contributed by atoms with Crippen LogP contribution in [0.4, 0.5) is 11.5 Å². The zero-order chi connectivity index (χ0) is 25.4. The molecule has 9 nitrogen and oxygen atoms in total. The van der Waals surface area contributed by atoms with E-state index in [4.69, 9.17) is 10.5 Å². The van der Waals surface area contributed by atoms with Gasteiger partial charge in [-0.2, -0.15) is 0 Å². The summed E-state index contributed by atoms with van der Waals surface area (Å²) in [4.78, 5) is 20.8. The van der Waals surface area contributed by atoms with Gasteiger partial charge in [-0.15, -0.1) is 5.10 Å². The number of nitrogens with two attached hydrogens (primary N) is 1. The summed E-state index contributed by atoms with van der Waals surface area (Å²) in [5.41, 5.74) is 12.6. The summed E-state index contributed by atoms with van der Waals surface area (Å²) < 4.78 is 9.87. The molecule has 1 aromatic carbocycles. The molecule has 3 N–H and O–H groups in total. The Labute approximate surface area is 209 Å². The number of nitrogens with zero attached hydrogens (tertiary/aromatic N) is 5. The molecule has 0 bridgehead atoms. The standard InChI is InChI=1S/C27H29N7O2/c1-16(2)27(35)31-19-9-5-18(6-10-19)24-22(23-25(28)29-15-30-26(23)34(24)4)17-7-11-20(12-8-17)36-21-13-14-33(3)32-21/h5-7,9-10,13-15,20H,1,8,11-12H2,2-4H3,(H,31,35)(H2,28,29,30)/t20-/m0/s1. The second-order valence-electron chi connectivity index (χ2n) is 9.12. The molecule has 4 aromatic rings.